The molecule has 0 aliphatic carbocycles. The Balaban J connectivity index is 1.85. The Morgan fingerprint density at radius 2 is 1.96 bits per heavy atom. The van der Waals surface area contributed by atoms with Crippen molar-refractivity contribution in [1.82, 2.24) is 20.1 Å². The molecule has 0 unspecified atom stereocenters. The molecule has 0 aliphatic rings. The second-order valence-electron chi connectivity index (χ2n) is 7.14. The van der Waals surface area contributed by atoms with Gasteiger partial charge in [0.2, 0.25) is 0 Å². The van der Waals surface area contributed by atoms with E-state index in [4.69, 9.17) is 0 Å². The van der Waals surface area contributed by atoms with Crippen LogP contribution in [-0.4, -0.2) is 20.7 Å². The van der Waals surface area contributed by atoms with E-state index in [1.54, 1.807) is 4.68 Å². The summed E-state index contributed by atoms with van der Waals surface area (Å²) in [4.78, 5) is 16.0. The van der Waals surface area contributed by atoms with Crippen LogP contribution in [0, 0.1) is 20.8 Å². The summed E-state index contributed by atoms with van der Waals surface area (Å²) >= 11 is 0. The van der Waals surface area contributed by atoms with Gasteiger partial charge >= 0.3 is 0 Å². The highest BCUT2D eigenvalue weighted by molar-refractivity contribution is 5.93. The first-order valence-electron chi connectivity index (χ1n) is 8.68. The maximum Gasteiger partial charge on any atom is 0.269 e. The molecule has 5 nitrogen and oxygen atoms in total. The highest BCUT2D eigenvalue weighted by Gasteiger charge is 2.16. The van der Waals surface area contributed by atoms with Crippen LogP contribution in [0.15, 0.2) is 18.2 Å². The van der Waals surface area contributed by atoms with Crippen molar-refractivity contribution in [2.75, 3.05) is 0 Å². The number of aryl methyl sites for hydroxylation is 4. The summed E-state index contributed by atoms with van der Waals surface area (Å²) in [5, 5.41) is 8.68. The Morgan fingerprint density at radius 3 is 2.60 bits per heavy atom. The monoisotopic (exact) mass is 338 g/mol. The predicted octanol–water partition coefficient (Wildman–Crippen LogP) is 3.88. The summed E-state index contributed by atoms with van der Waals surface area (Å²) in [6.45, 7) is 10.9. The van der Waals surface area contributed by atoms with Crippen LogP contribution in [0.5, 0.6) is 0 Å². The van der Waals surface area contributed by atoms with Crippen molar-refractivity contribution in [3.05, 3.63) is 52.0 Å². The van der Waals surface area contributed by atoms with E-state index in [1.165, 1.54) is 22.2 Å². The average molecular weight is 338 g/mol. The van der Waals surface area contributed by atoms with Crippen LogP contribution in [-0.2, 0) is 13.6 Å². The Hall–Kier alpha value is -2.56. The van der Waals surface area contributed by atoms with Crippen molar-refractivity contribution in [2.24, 2.45) is 7.05 Å². The first kappa shape index (κ1) is 17.3. The van der Waals surface area contributed by atoms with Crippen LogP contribution < -0.4 is 5.32 Å². The number of benzene rings is 1. The van der Waals surface area contributed by atoms with E-state index in [0.717, 1.165) is 16.8 Å². The molecule has 3 rings (SSSR count). The Morgan fingerprint density at radius 1 is 1.24 bits per heavy atom. The number of rotatable bonds is 4. The quantitative estimate of drug-likeness (QED) is 0.758. The van der Waals surface area contributed by atoms with Crippen molar-refractivity contribution >= 4 is 16.8 Å². The third-order valence-electron chi connectivity index (χ3n) is 4.81. The number of aromatic nitrogens is 3. The Labute approximate surface area is 148 Å². The normalized spacial score (nSPS) is 11.5. The molecule has 3 aromatic rings. The molecule has 0 aliphatic heterocycles. The van der Waals surface area contributed by atoms with Crippen molar-refractivity contribution in [3.8, 4) is 0 Å². The molecule has 25 heavy (non-hydrogen) atoms. The van der Waals surface area contributed by atoms with Gasteiger partial charge in [0, 0.05) is 24.7 Å². The summed E-state index contributed by atoms with van der Waals surface area (Å²) in [7, 11) is 1.81. The van der Waals surface area contributed by atoms with Gasteiger partial charge in [-0.1, -0.05) is 25.5 Å². The molecule has 132 valence electrons. The van der Waals surface area contributed by atoms with E-state index in [-0.39, 0.29) is 5.91 Å². The number of H-pyrrole nitrogens is 1. The molecule has 5 heteroatoms. The van der Waals surface area contributed by atoms with Gasteiger partial charge in [0.25, 0.3) is 5.91 Å². The fourth-order valence-corrected chi connectivity index (χ4v) is 3.18. The number of hydrogen-bond acceptors (Lipinski definition) is 2. The largest absolute Gasteiger partial charge is 0.358 e. The van der Waals surface area contributed by atoms with Crippen LogP contribution in [0.1, 0.15) is 58.3 Å². The van der Waals surface area contributed by atoms with E-state index in [2.05, 4.69) is 62.2 Å². The molecule has 0 saturated heterocycles. The molecule has 0 fully saturated rings. The minimum absolute atomic E-state index is 0.100. The highest BCUT2D eigenvalue weighted by atomic mass is 16.2. The molecular weight excluding hydrogens is 312 g/mol. The fourth-order valence-electron chi connectivity index (χ4n) is 3.18. The lowest BCUT2D eigenvalue weighted by Crippen LogP contribution is -2.25. The van der Waals surface area contributed by atoms with Gasteiger partial charge in [-0.15, -0.1) is 0 Å². The maximum atomic E-state index is 12.6. The lowest BCUT2D eigenvalue weighted by molar-refractivity contribution is 0.0941. The number of carbonyl (C=O) groups excluding carboxylic acids is 1. The van der Waals surface area contributed by atoms with Crippen molar-refractivity contribution in [2.45, 2.75) is 47.1 Å². The molecule has 1 amide bonds. The highest BCUT2D eigenvalue weighted by Crippen LogP contribution is 2.26. The Bertz CT molecular complexity index is 946. The third kappa shape index (κ3) is 3.18. The summed E-state index contributed by atoms with van der Waals surface area (Å²) in [5.41, 5.74) is 7.36. The topological polar surface area (TPSA) is 62.7 Å². The number of amides is 1. The zero-order valence-corrected chi connectivity index (χ0v) is 15.8. The average Bonchev–Trinajstić information content (AvgIpc) is 3.07. The van der Waals surface area contributed by atoms with E-state index in [9.17, 15) is 4.79 Å². The fraction of sp³-hybridized carbons (Fsp3) is 0.400. The second-order valence-corrected chi connectivity index (χ2v) is 7.14. The number of hydrogen-bond donors (Lipinski definition) is 2. The van der Waals surface area contributed by atoms with Gasteiger partial charge in [-0.25, -0.2) is 0 Å². The summed E-state index contributed by atoms with van der Waals surface area (Å²) in [6, 6.07) is 6.19. The van der Waals surface area contributed by atoms with Crippen LogP contribution in [0.4, 0.5) is 0 Å². The molecule has 2 aromatic heterocycles. The number of aromatic amines is 1. The van der Waals surface area contributed by atoms with Gasteiger partial charge in [0.15, 0.2) is 0 Å². The van der Waals surface area contributed by atoms with Crippen LogP contribution in [0.25, 0.3) is 10.9 Å². The van der Waals surface area contributed by atoms with Gasteiger partial charge in [-0.2, -0.15) is 5.10 Å². The molecular formula is C20H26N4O. The summed E-state index contributed by atoms with van der Waals surface area (Å²) in [6.07, 6.45) is 0. The minimum atomic E-state index is -0.100. The van der Waals surface area contributed by atoms with E-state index in [0.29, 0.717) is 18.2 Å². The number of nitrogens with one attached hydrogen (secondary N) is 2. The van der Waals surface area contributed by atoms with Gasteiger partial charge in [0.05, 0.1) is 11.2 Å². The van der Waals surface area contributed by atoms with Crippen molar-refractivity contribution in [3.63, 3.8) is 0 Å². The molecule has 0 bridgehead atoms. The van der Waals surface area contributed by atoms with Crippen LogP contribution in [0.2, 0.25) is 0 Å². The van der Waals surface area contributed by atoms with Crippen LogP contribution in [0.3, 0.4) is 0 Å². The summed E-state index contributed by atoms with van der Waals surface area (Å²) in [5.74, 6) is 0.200. The van der Waals surface area contributed by atoms with Gasteiger partial charge in [-0.05, 0) is 49.9 Å². The SMILES string of the molecule is Cc1cc(CNC(=O)c2cc(C(C)C)nn2C)c2[nH]c(C)c(C)c2c1. The Kier molecular flexibility index (Phi) is 4.41. The lowest BCUT2D eigenvalue weighted by Gasteiger charge is -2.08. The third-order valence-corrected chi connectivity index (χ3v) is 4.81. The zero-order chi connectivity index (χ0) is 18.3. The first-order valence-corrected chi connectivity index (χ1v) is 8.68. The van der Waals surface area contributed by atoms with Crippen molar-refractivity contribution in [1.29, 1.82) is 0 Å². The zero-order valence-electron chi connectivity index (χ0n) is 15.8. The molecule has 1 aromatic carbocycles. The van der Waals surface area contributed by atoms with E-state index >= 15 is 0 Å². The molecule has 2 heterocycles. The number of nitrogens with zero attached hydrogens (tertiary/aromatic N) is 2. The van der Waals surface area contributed by atoms with Crippen molar-refractivity contribution < 1.29 is 4.79 Å². The van der Waals surface area contributed by atoms with Gasteiger partial charge < -0.3 is 10.3 Å². The van der Waals surface area contributed by atoms with E-state index in [1.807, 2.05) is 13.1 Å². The second kappa shape index (κ2) is 6.39. The van der Waals surface area contributed by atoms with Gasteiger partial charge in [0.1, 0.15) is 5.69 Å². The smallest absolute Gasteiger partial charge is 0.269 e. The number of fused-ring (bicyclic) bond motifs is 1. The van der Waals surface area contributed by atoms with E-state index < -0.39 is 0 Å². The maximum absolute atomic E-state index is 12.6. The lowest BCUT2D eigenvalue weighted by atomic mass is 10.0. The van der Waals surface area contributed by atoms with Gasteiger partial charge in [-0.3, -0.25) is 9.48 Å². The standard InChI is InChI=1S/C20H26N4O/c1-11(2)17-9-18(24(6)23-17)20(25)21-10-15-7-12(3)8-16-13(4)14(5)22-19(15)16/h7-9,11,22H,10H2,1-6H3,(H,21,25). The molecule has 0 saturated carbocycles. The number of carbonyl (C=O) groups is 1. The molecule has 2 N–H and O–H groups in total. The molecule has 0 spiro atoms. The summed E-state index contributed by atoms with van der Waals surface area (Å²) < 4.78 is 1.65. The van der Waals surface area contributed by atoms with Crippen LogP contribution >= 0.6 is 0 Å². The first-order chi connectivity index (χ1) is 11.8. The molecule has 0 atom stereocenters. The predicted molar refractivity (Wildman–Crippen MR) is 101 cm³/mol. The minimum Gasteiger partial charge on any atom is -0.358 e. The molecule has 0 radical (unpaired) electrons.